The Bertz CT molecular complexity index is 1230. The fourth-order valence-corrected chi connectivity index (χ4v) is 3.71. The summed E-state index contributed by atoms with van der Waals surface area (Å²) < 4.78 is 36.8. The molecular weight excluding hydrogens is 514 g/mol. The summed E-state index contributed by atoms with van der Waals surface area (Å²) in [6.07, 6.45) is 2.97. The number of ether oxygens (including phenoxy) is 2. The van der Waals surface area contributed by atoms with Crippen LogP contribution < -0.4 is 10.6 Å². The Kier molecular flexibility index (Phi) is 9.94. The van der Waals surface area contributed by atoms with Crippen LogP contribution >= 0.6 is 0 Å². The Hall–Kier alpha value is -3.80. The van der Waals surface area contributed by atoms with Gasteiger partial charge in [-0.1, -0.05) is 65.8 Å². The summed E-state index contributed by atoms with van der Waals surface area (Å²) in [6.45, 7) is 0.649. The molecule has 38 heavy (non-hydrogen) atoms. The molecule has 0 bridgehead atoms. The number of hydrogen-bond acceptors (Lipinski definition) is 8. The first-order valence-corrected chi connectivity index (χ1v) is 13.8. The molecule has 2 aliphatic carbocycles. The number of azide groups is 1. The van der Waals surface area contributed by atoms with Crippen molar-refractivity contribution in [2.45, 2.75) is 50.0 Å². The minimum Gasteiger partial charge on any atom is -0.445 e. The van der Waals surface area contributed by atoms with E-state index in [2.05, 4.69) is 20.7 Å². The zero-order chi connectivity index (χ0) is 27.5. The second kappa shape index (κ2) is 13.1. The predicted octanol–water partition coefficient (Wildman–Crippen LogP) is 4.18. The third-order valence-electron chi connectivity index (χ3n) is 5.85. The third kappa shape index (κ3) is 10.7. The zero-order valence-electron chi connectivity index (χ0n) is 21.0. The van der Waals surface area contributed by atoms with Crippen LogP contribution in [0, 0.1) is 0 Å². The van der Waals surface area contributed by atoms with Crippen LogP contribution in [-0.2, 0) is 37.0 Å². The Morgan fingerprint density at radius 3 is 1.71 bits per heavy atom. The molecule has 0 spiro atoms. The van der Waals surface area contributed by atoms with Gasteiger partial charge in [-0.15, -0.1) is 0 Å². The highest BCUT2D eigenvalue weighted by Crippen LogP contribution is 2.36. The van der Waals surface area contributed by atoms with Gasteiger partial charge in [-0.05, 0) is 42.3 Å². The molecular formula is C25H31N5O7S. The Morgan fingerprint density at radius 2 is 1.32 bits per heavy atom. The summed E-state index contributed by atoms with van der Waals surface area (Å²) in [7, 11) is -3.50. The van der Waals surface area contributed by atoms with Crippen molar-refractivity contribution < 1.29 is 31.7 Å². The van der Waals surface area contributed by atoms with E-state index in [9.17, 15) is 18.0 Å². The lowest BCUT2D eigenvalue weighted by Crippen LogP contribution is -2.41. The van der Waals surface area contributed by atoms with Crippen LogP contribution in [-0.4, -0.2) is 51.1 Å². The quantitative estimate of drug-likeness (QED) is 0.185. The maximum atomic E-state index is 11.7. The number of rotatable bonds is 11. The monoisotopic (exact) mass is 545 g/mol. The molecule has 2 N–H and O–H groups in total. The summed E-state index contributed by atoms with van der Waals surface area (Å²) in [5.74, 6) is 0. The van der Waals surface area contributed by atoms with Crippen LogP contribution in [0.4, 0.5) is 9.59 Å². The summed E-state index contributed by atoms with van der Waals surface area (Å²) in [5, 5.41) is 8.89. The molecule has 204 valence electrons. The molecule has 0 saturated heterocycles. The van der Waals surface area contributed by atoms with Crippen LogP contribution in [0.1, 0.15) is 36.8 Å². The van der Waals surface area contributed by atoms with Gasteiger partial charge in [0, 0.05) is 17.0 Å². The van der Waals surface area contributed by atoms with E-state index in [1.54, 1.807) is 0 Å². The first-order valence-electron chi connectivity index (χ1n) is 12.0. The van der Waals surface area contributed by atoms with Gasteiger partial charge < -0.3 is 20.1 Å². The largest absolute Gasteiger partial charge is 0.445 e. The number of hydrogen-bond donors (Lipinski definition) is 2. The molecule has 0 aromatic heterocycles. The molecule has 12 nitrogen and oxygen atoms in total. The summed E-state index contributed by atoms with van der Waals surface area (Å²) in [4.78, 5) is 25.9. The number of carbonyl (C=O) groups excluding carboxylic acids is 2. The van der Waals surface area contributed by atoms with Gasteiger partial charge in [0.15, 0.2) is 0 Å². The number of nitrogens with one attached hydrogen (secondary N) is 2. The Labute approximate surface area is 221 Å². The summed E-state index contributed by atoms with van der Waals surface area (Å²) >= 11 is 0. The van der Waals surface area contributed by atoms with E-state index in [0.717, 1.165) is 30.2 Å². The average molecular weight is 546 g/mol. The van der Waals surface area contributed by atoms with E-state index in [-0.39, 0.29) is 31.9 Å². The molecule has 4 rings (SSSR count). The molecule has 2 amide bonds. The molecule has 0 atom stereocenters. The third-order valence-corrected chi connectivity index (χ3v) is 6.40. The van der Waals surface area contributed by atoms with Gasteiger partial charge in [-0.3, -0.25) is 4.18 Å². The van der Waals surface area contributed by atoms with E-state index < -0.39 is 27.8 Å². The van der Waals surface area contributed by atoms with E-state index in [4.69, 9.17) is 19.2 Å². The topological polar surface area (TPSA) is 169 Å². The Morgan fingerprint density at radius 1 is 0.868 bits per heavy atom. The zero-order valence-corrected chi connectivity index (χ0v) is 21.9. The second-order valence-corrected chi connectivity index (χ2v) is 10.9. The SMILES string of the molecule is CS(=O)(=O)OCC1(NC(=O)OCc2ccccc2)CC1.[N-]=[N+]=NCC1(NC(=O)OCc2ccccc2)CC1. The molecule has 2 aromatic rings. The van der Waals surface area contributed by atoms with Crippen molar-refractivity contribution in [2.75, 3.05) is 19.4 Å². The van der Waals surface area contributed by atoms with Crippen molar-refractivity contribution in [2.24, 2.45) is 5.11 Å². The lowest BCUT2D eigenvalue weighted by atomic mass is 10.2. The van der Waals surface area contributed by atoms with Crippen LogP contribution in [0.5, 0.6) is 0 Å². The highest BCUT2D eigenvalue weighted by atomic mass is 32.2. The Balaban J connectivity index is 0.000000212. The fourth-order valence-electron chi connectivity index (χ4n) is 3.27. The maximum absolute atomic E-state index is 11.7. The number of alkyl carbamates (subject to hydrolysis) is 2. The van der Waals surface area contributed by atoms with Crippen molar-refractivity contribution in [3.63, 3.8) is 0 Å². The highest BCUT2D eigenvalue weighted by Gasteiger charge is 2.46. The lowest BCUT2D eigenvalue weighted by molar-refractivity contribution is 0.129. The first-order chi connectivity index (χ1) is 18.1. The number of amides is 2. The molecule has 2 fully saturated rings. The average Bonchev–Trinajstić information content (AvgIpc) is 3.83. The first kappa shape index (κ1) is 28.8. The highest BCUT2D eigenvalue weighted by molar-refractivity contribution is 7.85. The van der Waals surface area contributed by atoms with Crippen LogP contribution in [0.2, 0.25) is 0 Å². The molecule has 13 heteroatoms. The van der Waals surface area contributed by atoms with Gasteiger partial charge in [0.05, 0.1) is 18.4 Å². The summed E-state index contributed by atoms with van der Waals surface area (Å²) in [6, 6.07) is 18.8. The lowest BCUT2D eigenvalue weighted by Gasteiger charge is -2.16. The minimum atomic E-state index is -3.50. The van der Waals surface area contributed by atoms with Crippen molar-refractivity contribution in [1.82, 2.24) is 10.6 Å². The van der Waals surface area contributed by atoms with Gasteiger partial charge in [-0.2, -0.15) is 8.42 Å². The van der Waals surface area contributed by atoms with Gasteiger partial charge in [0.25, 0.3) is 10.1 Å². The van der Waals surface area contributed by atoms with Gasteiger partial charge in [-0.25, -0.2) is 9.59 Å². The predicted molar refractivity (Wildman–Crippen MR) is 138 cm³/mol. The summed E-state index contributed by atoms with van der Waals surface area (Å²) in [5.41, 5.74) is 9.11. The standard InChI is InChI=1S/C13H17NO5S.C12H14N4O2/c1-20(16,17)19-10-13(7-8-13)14-12(15)18-9-11-5-3-2-4-6-11;13-16-14-9-12(6-7-12)15-11(17)18-8-10-4-2-1-3-5-10/h2-6H,7-10H2,1H3,(H,14,15);1-5H,6-9H2,(H,15,17). The van der Waals surface area contributed by atoms with E-state index in [1.807, 2.05) is 60.7 Å². The molecule has 0 heterocycles. The van der Waals surface area contributed by atoms with E-state index >= 15 is 0 Å². The minimum absolute atomic E-state index is 0.0493. The van der Waals surface area contributed by atoms with Crippen LogP contribution in [0.3, 0.4) is 0 Å². The smallest absolute Gasteiger partial charge is 0.407 e. The van der Waals surface area contributed by atoms with Gasteiger partial charge in [0.1, 0.15) is 13.2 Å². The fraction of sp³-hybridized carbons (Fsp3) is 0.440. The molecule has 0 aliphatic heterocycles. The molecule has 2 aromatic carbocycles. The number of carbonyl (C=O) groups is 2. The van der Waals surface area contributed by atoms with Gasteiger partial charge in [0.2, 0.25) is 0 Å². The van der Waals surface area contributed by atoms with Crippen molar-refractivity contribution in [3.05, 3.63) is 82.2 Å². The number of nitrogens with zero attached hydrogens (tertiary/aromatic N) is 3. The molecule has 0 unspecified atom stereocenters. The van der Waals surface area contributed by atoms with Crippen molar-refractivity contribution >= 4 is 22.3 Å². The van der Waals surface area contributed by atoms with Crippen LogP contribution in [0.25, 0.3) is 10.4 Å². The van der Waals surface area contributed by atoms with Crippen LogP contribution in [0.15, 0.2) is 65.8 Å². The second-order valence-electron chi connectivity index (χ2n) is 9.29. The molecule has 2 saturated carbocycles. The van der Waals surface area contributed by atoms with Crippen molar-refractivity contribution in [3.8, 4) is 0 Å². The van der Waals surface area contributed by atoms with Crippen molar-refractivity contribution in [1.29, 1.82) is 0 Å². The normalized spacial score (nSPS) is 15.9. The molecule has 0 radical (unpaired) electrons. The molecule has 2 aliphatic rings. The number of benzene rings is 2. The maximum Gasteiger partial charge on any atom is 0.407 e. The van der Waals surface area contributed by atoms with E-state index in [0.29, 0.717) is 12.8 Å². The van der Waals surface area contributed by atoms with E-state index in [1.165, 1.54) is 0 Å². The van der Waals surface area contributed by atoms with Gasteiger partial charge >= 0.3 is 12.2 Å².